The Morgan fingerprint density at radius 2 is 2.00 bits per heavy atom. The second-order valence-electron chi connectivity index (χ2n) is 8.35. The van der Waals surface area contributed by atoms with E-state index in [4.69, 9.17) is 16.2 Å². The maximum absolute atomic E-state index is 12.4. The SMILES string of the molecule is NC(N)=NCCc1cn(C[C@@H]2O[C@H](CC(=O)NCCc3c[nH]c4ccccc34)[C@H](O)[C@@H]2O)nn1. The number of aromatic nitrogens is 4. The van der Waals surface area contributed by atoms with E-state index in [9.17, 15) is 15.0 Å². The number of nitrogens with zero attached hydrogens (tertiary/aromatic N) is 4. The van der Waals surface area contributed by atoms with E-state index < -0.39 is 24.4 Å². The first-order chi connectivity index (χ1) is 16.4. The fourth-order valence-corrected chi connectivity index (χ4v) is 4.10. The summed E-state index contributed by atoms with van der Waals surface area (Å²) in [6.45, 7) is 1.03. The Morgan fingerprint density at radius 3 is 2.82 bits per heavy atom. The molecule has 0 bridgehead atoms. The van der Waals surface area contributed by atoms with Gasteiger partial charge in [0.05, 0.1) is 24.8 Å². The Bertz CT molecular complexity index is 1140. The van der Waals surface area contributed by atoms with Crippen LogP contribution in [0.25, 0.3) is 10.9 Å². The Labute approximate surface area is 196 Å². The van der Waals surface area contributed by atoms with Gasteiger partial charge in [-0.2, -0.15) is 0 Å². The molecule has 1 fully saturated rings. The molecule has 182 valence electrons. The van der Waals surface area contributed by atoms with Gasteiger partial charge in [-0.05, 0) is 18.1 Å². The van der Waals surface area contributed by atoms with Gasteiger partial charge in [0.2, 0.25) is 5.91 Å². The van der Waals surface area contributed by atoms with Crippen molar-refractivity contribution in [3.05, 3.63) is 47.9 Å². The fraction of sp³-hybridized carbons (Fsp3) is 0.455. The molecule has 1 saturated heterocycles. The second-order valence-corrected chi connectivity index (χ2v) is 8.35. The van der Waals surface area contributed by atoms with Gasteiger partial charge in [0, 0.05) is 42.8 Å². The summed E-state index contributed by atoms with van der Waals surface area (Å²) in [4.78, 5) is 19.5. The lowest BCUT2D eigenvalue weighted by Crippen LogP contribution is -2.36. The maximum atomic E-state index is 12.4. The number of rotatable bonds is 10. The highest BCUT2D eigenvalue weighted by Gasteiger charge is 2.43. The van der Waals surface area contributed by atoms with E-state index in [1.165, 1.54) is 4.68 Å². The zero-order valence-electron chi connectivity index (χ0n) is 18.7. The summed E-state index contributed by atoms with van der Waals surface area (Å²) >= 11 is 0. The van der Waals surface area contributed by atoms with Crippen LogP contribution in [0.2, 0.25) is 0 Å². The number of H-pyrrole nitrogens is 1. The first kappa shape index (κ1) is 23.7. The van der Waals surface area contributed by atoms with E-state index in [0.29, 0.717) is 31.6 Å². The van der Waals surface area contributed by atoms with E-state index in [-0.39, 0.29) is 24.8 Å². The number of aliphatic hydroxyl groups is 2. The third kappa shape index (κ3) is 5.71. The molecule has 1 amide bonds. The number of carbonyl (C=O) groups excluding carboxylic acids is 1. The number of aromatic amines is 1. The number of carbonyl (C=O) groups is 1. The van der Waals surface area contributed by atoms with Crippen molar-refractivity contribution in [3.8, 4) is 0 Å². The number of ether oxygens (including phenoxy) is 1. The molecule has 0 unspecified atom stereocenters. The number of benzene rings is 1. The van der Waals surface area contributed by atoms with Crippen molar-refractivity contribution in [2.45, 2.75) is 50.2 Å². The predicted molar refractivity (Wildman–Crippen MR) is 125 cm³/mol. The van der Waals surface area contributed by atoms with Crippen LogP contribution in [0.4, 0.5) is 0 Å². The van der Waals surface area contributed by atoms with Crippen molar-refractivity contribution in [1.82, 2.24) is 25.3 Å². The van der Waals surface area contributed by atoms with Crippen molar-refractivity contribution in [3.63, 3.8) is 0 Å². The van der Waals surface area contributed by atoms with Crippen LogP contribution in [0.1, 0.15) is 17.7 Å². The van der Waals surface area contributed by atoms with Gasteiger partial charge < -0.3 is 36.7 Å². The molecule has 3 heterocycles. The summed E-state index contributed by atoms with van der Waals surface area (Å²) in [6.07, 6.45) is 0.942. The molecule has 0 radical (unpaired) electrons. The molecule has 12 heteroatoms. The Hall–Kier alpha value is -3.48. The molecule has 3 aromatic rings. The Kier molecular flexibility index (Phi) is 7.40. The van der Waals surface area contributed by atoms with Crippen LogP contribution in [-0.2, 0) is 28.9 Å². The molecule has 1 aliphatic rings. The molecule has 0 saturated carbocycles. The number of fused-ring (bicyclic) bond motifs is 1. The van der Waals surface area contributed by atoms with E-state index in [1.54, 1.807) is 6.20 Å². The van der Waals surface area contributed by atoms with Gasteiger partial charge >= 0.3 is 0 Å². The van der Waals surface area contributed by atoms with Crippen LogP contribution >= 0.6 is 0 Å². The summed E-state index contributed by atoms with van der Waals surface area (Å²) in [7, 11) is 0. The second kappa shape index (κ2) is 10.6. The number of hydrogen-bond acceptors (Lipinski definition) is 7. The minimum absolute atomic E-state index is 0.0110. The smallest absolute Gasteiger partial charge is 0.222 e. The van der Waals surface area contributed by atoms with Gasteiger partial charge in [0.1, 0.15) is 18.3 Å². The first-order valence-electron chi connectivity index (χ1n) is 11.2. The van der Waals surface area contributed by atoms with Gasteiger partial charge in [0.15, 0.2) is 5.96 Å². The highest BCUT2D eigenvalue weighted by Crippen LogP contribution is 2.25. The maximum Gasteiger partial charge on any atom is 0.222 e. The lowest BCUT2D eigenvalue weighted by molar-refractivity contribution is -0.125. The average molecular weight is 471 g/mol. The quantitative estimate of drug-likeness (QED) is 0.157. The average Bonchev–Trinajstić information content (AvgIpc) is 3.49. The normalized spacial score (nSPS) is 22.2. The fourth-order valence-electron chi connectivity index (χ4n) is 4.10. The molecule has 1 aliphatic heterocycles. The summed E-state index contributed by atoms with van der Waals surface area (Å²) in [5.41, 5.74) is 13.5. The summed E-state index contributed by atoms with van der Waals surface area (Å²) in [5, 5.41) is 32.8. The van der Waals surface area contributed by atoms with Gasteiger partial charge in [-0.25, -0.2) is 4.68 Å². The van der Waals surface area contributed by atoms with Crippen molar-refractivity contribution in [1.29, 1.82) is 0 Å². The number of para-hydroxylation sites is 1. The largest absolute Gasteiger partial charge is 0.388 e. The standard InChI is InChI=1S/C22H30N8O4/c23-22(24)26-8-6-14-11-30(29-28-14)12-18-21(33)20(32)17(34-18)9-19(31)25-7-5-13-10-27-16-4-2-1-3-15(13)16/h1-4,10-11,17-18,20-21,27,32-33H,5-9,12H2,(H,25,31)(H4,23,24,26)/t17-,18+,20+,21-/m1/s1. The van der Waals surface area contributed by atoms with Crippen LogP contribution in [0.5, 0.6) is 0 Å². The lowest BCUT2D eigenvalue weighted by Gasteiger charge is -2.14. The van der Waals surface area contributed by atoms with Crippen molar-refractivity contribution >= 4 is 22.8 Å². The van der Waals surface area contributed by atoms with E-state index >= 15 is 0 Å². The van der Waals surface area contributed by atoms with Gasteiger partial charge in [0.25, 0.3) is 0 Å². The van der Waals surface area contributed by atoms with E-state index in [1.807, 2.05) is 30.5 Å². The topological polar surface area (TPSA) is 190 Å². The van der Waals surface area contributed by atoms with Gasteiger partial charge in [-0.15, -0.1) is 5.10 Å². The number of nitrogens with one attached hydrogen (secondary N) is 2. The molecule has 12 nitrogen and oxygen atoms in total. The molecule has 2 aromatic heterocycles. The molecular weight excluding hydrogens is 440 g/mol. The third-order valence-electron chi connectivity index (χ3n) is 5.85. The van der Waals surface area contributed by atoms with Gasteiger partial charge in [-0.1, -0.05) is 23.4 Å². The van der Waals surface area contributed by atoms with Crippen LogP contribution in [-0.4, -0.2) is 79.6 Å². The van der Waals surface area contributed by atoms with Crippen LogP contribution in [0, 0.1) is 0 Å². The highest BCUT2D eigenvalue weighted by molar-refractivity contribution is 5.83. The molecule has 8 N–H and O–H groups in total. The molecule has 4 atom stereocenters. The van der Waals surface area contributed by atoms with Crippen LogP contribution in [0.15, 0.2) is 41.7 Å². The number of aliphatic imine (C=N–C) groups is 1. The first-order valence-corrected chi connectivity index (χ1v) is 11.2. The highest BCUT2D eigenvalue weighted by atomic mass is 16.5. The zero-order valence-corrected chi connectivity index (χ0v) is 18.7. The summed E-state index contributed by atoms with van der Waals surface area (Å²) in [5.74, 6) is -0.239. The Balaban J connectivity index is 1.23. The van der Waals surface area contributed by atoms with Crippen molar-refractivity contribution in [2.75, 3.05) is 13.1 Å². The molecule has 0 aliphatic carbocycles. The minimum Gasteiger partial charge on any atom is -0.388 e. The number of amides is 1. The summed E-state index contributed by atoms with van der Waals surface area (Å²) in [6, 6.07) is 7.99. The number of hydrogen-bond donors (Lipinski definition) is 6. The van der Waals surface area contributed by atoms with E-state index in [2.05, 4.69) is 25.6 Å². The minimum atomic E-state index is -1.17. The molecular formula is C22H30N8O4. The molecule has 0 spiro atoms. The monoisotopic (exact) mass is 470 g/mol. The Morgan fingerprint density at radius 1 is 1.21 bits per heavy atom. The van der Waals surface area contributed by atoms with Crippen molar-refractivity contribution in [2.24, 2.45) is 16.5 Å². The third-order valence-corrected chi connectivity index (χ3v) is 5.85. The molecule has 34 heavy (non-hydrogen) atoms. The molecule has 4 rings (SSSR count). The van der Waals surface area contributed by atoms with E-state index in [0.717, 1.165) is 16.5 Å². The number of nitrogens with two attached hydrogens (primary N) is 2. The van der Waals surface area contributed by atoms with Crippen molar-refractivity contribution < 1.29 is 19.7 Å². The predicted octanol–water partition coefficient (Wildman–Crippen LogP) is -1.19. The lowest BCUT2D eigenvalue weighted by atomic mass is 10.1. The van der Waals surface area contributed by atoms with Crippen LogP contribution < -0.4 is 16.8 Å². The summed E-state index contributed by atoms with van der Waals surface area (Å²) < 4.78 is 7.31. The zero-order chi connectivity index (χ0) is 24.1. The number of aliphatic hydroxyl groups excluding tert-OH is 2. The van der Waals surface area contributed by atoms with Gasteiger partial charge in [-0.3, -0.25) is 9.79 Å². The number of guanidine groups is 1. The molecule has 1 aromatic carbocycles. The van der Waals surface area contributed by atoms with Crippen LogP contribution in [0.3, 0.4) is 0 Å².